The van der Waals surface area contributed by atoms with Crippen molar-refractivity contribution in [1.29, 1.82) is 0 Å². The second-order valence-corrected chi connectivity index (χ2v) is 4.24. The maximum absolute atomic E-state index is 12.0. The molecule has 0 spiro atoms. The minimum absolute atomic E-state index is 0.140. The summed E-state index contributed by atoms with van der Waals surface area (Å²) in [5.41, 5.74) is 2.13. The van der Waals surface area contributed by atoms with E-state index in [9.17, 15) is 9.90 Å². The van der Waals surface area contributed by atoms with Gasteiger partial charge in [0.05, 0.1) is 6.54 Å². The molecule has 1 aromatic heterocycles. The minimum Gasteiger partial charge on any atom is -0.508 e. The van der Waals surface area contributed by atoms with Gasteiger partial charge in [-0.05, 0) is 31.2 Å². The number of hydrogen-bond acceptors (Lipinski definition) is 2. The second-order valence-electron chi connectivity index (χ2n) is 4.24. The summed E-state index contributed by atoms with van der Waals surface area (Å²) in [5.74, 6) is -0.0360. The molecule has 0 atom stereocenters. The Morgan fingerprint density at radius 2 is 2.11 bits per heavy atom. The number of carbonyl (C=O) groups is 1. The zero-order valence-electron chi connectivity index (χ0n) is 10.5. The van der Waals surface area contributed by atoms with Crippen molar-refractivity contribution < 1.29 is 9.90 Å². The van der Waals surface area contributed by atoms with Crippen LogP contribution in [-0.4, -0.2) is 15.6 Å². The Hall–Kier alpha value is -2.23. The van der Waals surface area contributed by atoms with E-state index in [0.717, 1.165) is 5.69 Å². The average molecular weight is 244 g/mol. The molecule has 4 nitrogen and oxygen atoms in total. The zero-order chi connectivity index (χ0) is 13.1. The van der Waals surface area contributed by atoms with Gasteiger partial charge in [0.2, 0.25) is 0 Å². The largest absolute Gasteiger partial charge is 0.508 e. The number of rotatable bonds is 3. The molecule has 0 fully saturated rings. The molecule has 0 unspecified atom stereocenters. The fourth-order valence-corrected chi connectivity index (χ4v) is 1.82. The highest BCUT2D eigenvalue weighted by molar-refractivity contribution is 5.96. The van der Waals surface area contributed by atoms with Crippen molar-refractivity contribution in [3.05, 3.63) is 53.3 Å². The fourth-order valence-electron chi connectivity index (χ4n) is 1.82. The number of carbonyl (C=O) groups excluding carboxylic acids is 1. The number of phenols is 1. The number of aromatic hydroxyl groups is 1. The monoisotopic (exact) mass is 244 g/mol. The molecule has 1 aromatic carbocycles. The summed E-state index contributed by atoms with van der Waals surface area (Å²) in [6.45, 7) is 2.20. The number of nitrogens with zero attached hydrogens (tertiary/aromatic N) is 1. The Balaban J connectivity index is 2.09. The van der Waals surface area contributed by atoms with E-state index in [1.54, 1.807) is 25.1 Å². The lowest BCUT2D eigenvalue weighted by molar-refractivity contribution is 0.0949. The van der Waals surface area contributed by atoms with Crippen molar-refractivity contribution in [2.45, 2.75) is 13.5 Å². The van der Waals surface area contributed by atoms with Crippen molar-refractivity contribution in [2.24, 2.45) is 7.05 Å². The van der Waals surface area contributed by atoms with Crippen LogP contribution in [0, 0.1) is 6.92 Å². The minimum atomic E-state index is -0.176. The van der Waals surface area contributed by atoms with Gasteiger partial charge in [0.1, 0.15) is 5.75 Å². The van der Waals surface area contributed by atoms with Gasteiger partial charge in [-0.1, -0.05) is 6.07 Å². The third kappa shape index (κ3) is 2.37. The Morgan fingerprint density at radius 3 is 2.78 bits per heavy atom. The van der Waals surface area contributed by atoms with Crippen LogP contribution in [0.3, 0.4) is 0 Å². The molecule has 2 rings (SSSR count). The number of nitrogens with one attached hydrogen (secondary N) is 1. The quantitative estimate of drug-likeness (QED) is 0.867. The van der Waals surface area contributed by atoms with Crippen LogP contribution in [0.5, 0.6) is 5.75 Å². The molecule has 0 saturated carbocycles. The van der Waals surface area contributed by atoms with Crippen LogP contribution >= 0.6 is 0 Å². The van der Waals surface area contributed by atoms with Gasteiger partial charge in [0, 0.05) is 30.1 Å². The van der Waals surface area contributed by atoms with Gasteiger partial charge in [0.25, 0.3) is 5.91 Å². The zero-order valence-corrected chi connectivity index (χ0v) is 10.5. The lowest BCUT2D eigenvalue weighted by Crippen LogP contribution is -2.24. The first-order valence-corrected chi connectivity index (χ1v) is 5.76. The van der Waals surface area contributed by atoms with E-state index >= 15 is 0 Å². The summed E-state index contributed by atoms with van der Waals surface area (Å²) in [7, 11) is 1.93. The Labute approximate surface area is 106 Å². The smallest absolute Gasteiger partial charge is 0.252 e. The molecule has 18 heavy (non-hydrogen) atoms. The first-order valence-electron chi connectivity index (χ1n) is 5.76. The molecule has 1 amide bonds. The maximum Gasteiger partial charge on any atom is 0.252 e. The summed E-state index contributed by atoms with van der Waals surface area (Å²) in [6, 6.07) is 8.83. The standard InChI is InChI=1S/C14H16N2O2/c1-10-12(6-3-7-13(10)17)14(18)15-9-11-5-4-8-16(11)2/h3-8,17H,9H2,1-2H3,(H,15,18). The average Bonchev–Trinajstić information content (AvgIpc) is 2.75. The Kier molecular flexibility index (Phi) is 3.37. The van der Waals surface area contributed by atoms with Crippen LogP contribution in [0.25, 0.3) is 0 Å². The van der Waals surface area contributed by atoms with Crippen molar-refractivity contribution in [3.8, 4) is 5.75 Å². The maximum atomic E-state index is 12.0. The highest BCUT2D eigenvalue weighted by Crippen LogP contribution is 2.19. The van der Waals surface area contributed by atoms with Gasteiger partial charge >= 0.3 is 0 Å². The van der Waals surface area contributed by atoms with Crippen LogP contribution < -0.4 is 5.32 Å². The highest BCUT2D eigenvalue weighted by atomic mass is 16.3. The molecule has 0 aliphatic heterocycles. The van der Waals surface area contributed by atoms with E-state index < -0.39 is 0 Å². The van der Waals surface area contributed by atoms with Crippen LogP contribution in [0.2, 0.25) is 0 Å². The number of benzene rings is 1. The molecule has 1 heterocycles. The third-order valence-electron chi connectivity index (χ3n) is 3.03. The van der Waals surface area contributed by atoms with E-state index in [1.807, 2.05) is 29.9 Å². The molecule has 0 bridgehead atoms. The van der Waals surface area contributed by atoms with E-state index in [0.29, 0.717) is 17.7 Å². The summed E-state index contributed by atoms with van der Waals surface area (Å²) in [5, 5.41) is 12.4. The molecular weight excluding hydrogens is 228 g/mol. The summed E-state index contributed by atoms with van der Waals surface area (Å²) < 4.78 is 1.95. The van der Waals surface area contributed by atoms with Crippen molar-refractivity contribution in [3.63, 3.8) is 0 Å². The van der Waals surface area contributed by atoms with E-state index in [1.165, 1.54) is 0 Å². The molecule has 4 heteroatoms. The summed E-state index contributed by atoms with van der Waals surface area (Å²) in [6.07, 6.45) is 1.93. The summed E-state index contributed by atoms with van der Waals surface area (Å²) in [4.78, 5) is 12.0. The van der Waals surface area contributed by atoms with Gasteiger partial charge in [-0.15, -0.1) is 0 Å². The van der Waals surface area contributed by atoms with E-state index in [-0.39, 0.29) is 11.7 Å². The number of phenolic OH excluding ortho intramolecular Hbond substituents is 1. The van der Waals surface area contributed by atoms with Crippen LogP contribution in [-0.2, 0) is 13.6 Å². The van der Waals surface area contributed by atoms with Gasteiger partial charge in [-0.25, -0.2) is 0 Å². The number of aromatic nitrogens is 1. The van der Waals surface area contributed by atoms with Crippen molar-refractivity contribution >= 4 is 5.91 Å². The SMILES string of the molecule is Cc1c(O)cccc1C(=O)NCc1cccn1C. The molecule has 2 N–H and O–H groups in total. The first kappa shape index (κ1) is 12.2. The Bertz CT molecular complexity index is 573. The predicted molar refractivity (Wildman–Crippen MR) is 69.4 cm³/mol. The molecular formula is C14H16N2O2. The molecule has 0 saturated heterocycles. The second kappa shape index (κ2) is 4.96. The molecule has 2 aromatic rings. The van der Waals surface area contributed by atoms with Gasteiger partial charge in [0.15, 0.2) is 0 Å². The van der Waals surface area contributed by atoms with Gasteiger partial charge in [-0.2, -0.15) is 0 Å². The van der Waals surface area contributed by atoms with Crippen molar-refractivity contribution in [2.75, 3.05) is 0 Å². The van der Waals surface area contributed by atoms with Crippen LogP contribution in [0.1, 0.15) is 21.6 Å². The van der Waals surface area contributed by atoms with Crippen molar-refractivity contribution in [1.82, 2.24) is 9.88 Å². The fraction of sp³-hybridized carbons (Fsp3) is 0.214. The van der Waals surface area contributed by atoms with Crippen LogP contribution in [0.15, 0.2) is 36.5 Å². The topological polar surface area (TPSA) is 54.3 Å². The molecule has 0 aliphatic rings. The third-order valence-corrected chi connectivity index (χ3v) is 3.03. The molecule has 94 valence electrons. The normalized spacial score (nSPS) is 10.3. The Morgan fingerprint density at radius 1 is 1.33 bits per heavy atom. The van der Waals surface area contributed by atoms with E-state index in [2.05, 4.69) is 5.32 Å². The highest BCUT2D eigenvalue weighted by Gasteiger charge is 2.11. The first-order chi connectivity index (χ1) is 8.59. The van der Waals surface area contributed by atoms with Gasteiger partial charge < -0.3 is 15.0 Å². The van der Waals surface area contributed by atoms with Gasteiger partial charge in [-0.3, -0.25) is 4.79 Å². The predicted octanol–water partition coefficient (Wildman–Crippen LogP) is 1.97. The lowest BCUT2D eigenvalue weighted by atomic mass is 10.1. The number of aryl methyl sites for hydroxylation is 1. The molecule has 0 radical (unpaired) electrons. The van der Waals surface area contributed by atoms with E-state index in [4.69, 9.17) is 0 Å². The number of amides is 1. The van der Waals surface area contributed by atoms with Crippen LogP contribution in [0.4, 0.5) is 0 Å². The number of hydrogen-bond donors (Lipinski definition) is 2. The lowest BCUT2D eigenvalue weighted by Gasteiger charge is -2.09. The summed E-state index contributed by atoms with van der Waals surface area (Å²) >= 11 is 0. The molecule has 0 aliphatic carbocycles.